The molecule has 0 saturated carbocycles. The molecule has 128 valence electrons. The number of amides is 1. The van der Waals surface area contributed by atoms with Crippen LogP contribution in [0.4, 0.5) is 15.8 Å². The van der Waals surface area contributed by atoms with Gasteiger partial charge in [-0.2, -0.15) is 8.42 Å². The van der Waals surface area contributed by atoms with E-state index in [9.17, 15) is 22.2 Å². The summed E-state index contributed by atoms with van der Waals surface area (Å²) in [6.07, 6.45) is 0. The zero-order valence-electron chi connectivity index (χ0n) is 12.6. The first-order valence-corrected chi connectivity index (χ1v) is 8.27. The summed E-state index contributed by atoms with van der Waals surface area (Å²) in [4.78, 5) is 11.7. The van der Waals surface area contributed by atoms with Crippen molar-refractivity contribution >= 4 is 27.4 Å². The molecule has 0 bridgehead atoms. The summed E-state index contributed by atoms with van der Waals surface area (Å²) in [5, 5.41) is 2.31. The Morgan fingerprint density at radius 3 is 2.67 bits per heavy atom. The third-order valence-electron chi connectivity index (χ3n) is 3.05. The number of halogens is 1. The Morgan fingerprint density at radius 1 is 1.33 bits per heavy atom. The van der Waals surface area contributed by atoms with Crippen LogP contribution in [0.3, 0.4) is 0 Å². The number of para-hydroxylation sites is 1. The fraction of sp³-hybridized carbons (Fsp3) is 0.133. The molecule has 0 heterocycles. The van der Waals surface area contributed by atoms with Gasteiger partial charge in [0, 0.05) is 0 Å². The van der Waals surface area contributed by atoms with Crippen molar-refractivity contribution in [2.24, 2.45) is 0 Å². The Hall–Kier alpha value is -2.65. The largest absolute Gasteiger partial charge is 0.491 e. The number of nitrogen functional groups attached to an aromatic ring is 1. The predicted octanol–water partition coefficient (Wildman–Crippen LogP) is 2.31. The second-order valence-corrected chi connectivity index (χ2v) is 6.12. The molecule has 0 spiro atoms. The number of nitrogens with one attached hydrogen (secondary N) is 1. The first-order chi connectivity index (χ1) is 11.2. The number of anilines is 2. The van der Waals surface area contributed by atoms with Crippen molar-refractivity contribution < 1.29 is 26.9 Å². The lowest BCUT2D eigenvalue weighted by Gasteiger charge is -2.14. The highest BCUT2D eigenvalue weighted by Gasteiger charge is 2.21. The van der Waals surface area contributed by atoms with Gasteiger partial charge >= 0.3 is 0 Å². The highest BCUT2D eigenvalue weighted by atomic mass is 32.2. The van der Waals surface area contributed by atoms with Gasteiger partial charge in [0.2, 0.25) is 0 Å². The molecule has 0 fully saturated rings. The molecule has 0 aliphatic heterocycles. The lowest BCUT2D eigenvalue weighted by Crippen LogP contribution is -2.16. The minimum Gasteiger partial charge on any atom is -0.491 e. The predicted molar refractivity (Wildman–Crippen MR) is 86.2 cm³/mol. The summed E-state index contributed by atoms with van der Waals surface area (Å²) >= 11 is 0. The molecule has 1 amide bonds. The number of nitrogens with two attached hydrogens (primary N) is 1. The van der Waals surface area contributed by atoms with Gasteiger partial charge in [-0.15, -0.1) is 0 Å². The maximum absolute atomic E-state index is 13.2. The minimum atomic E-state index is -4.72. The molecule has 0 unspecified atom stereocenters. The van der Waals surface area contributed by atoms with Crippen LogP contribution >= 0.6 is 0 Å². The Balaban J connectivity index is 2.44. The fourth-order valence-electron chi connectivity index (χ4n) is 2.04. The van der Waals surface area contributed by atoms with E-state index in [4.69, 9.17) is 10.5 Å². The molecule has 2 rings (SSSR count). The van der Waals surface area contributed by atoms with Crippen molar-refractivity contribution in [2.75, 3.05) is 17.7 Å². The van der Waals surface area contributed by atoms with Gasteiger partial charge in [0.05, 0.1) is 23.5 Å². The van der Waals surface area contributed by atoms with E-state index in [2.05, 4.69) is 5.32 Å². The van der Waals surface area contributed by atoms with E-state index in [1.807, 2.05) is 0 Å². The Kier molecular flexibility index (Phi) is 5.05. The van der Waals surface area contributed by atoms with Crippen LogP contribution in [0.15, 0.2) is 41.3 Å². The highest BCUT2D eigenvalue weighted by Crippen LogP contribution is 2.28. The monoisotopic (exact) mass is 354 g/mol. The van der Waals surface area contributed by atoms with Crippen LogP contribution in [0.2, 0.25) is 0 Å². The minimum absolute atomic E-state index is 0.0717. The van der Waals surface area contributed by atoms with Crippen LogP contribution in [-0.4, -0.2) is 25.5 Å². The van der Waals surface area contributed by atoms with Crippen molar-refractivity contribution in [3.05, 3.63) is 47.8 Å². The summed E-state index contributed by atoms with van der Waals surface area (Å²) in [7, 11) is -4.72. The third kappa shape index (κ3) is 3.81. The van der Waals surface area contributed by atoms with Crippen molar-refractivity contribution in [3.8, 4) is 5.75 Å². The smallest absolute Gasteiger partial charge is 0.296 e. The van der Waals surface area contributed by atoms with Gasteiger partial charge in [0.25, 0.3) is 16.0 Å². The standard InChI is InChI=1S/C15H15FN2O5S/c1-2-23-14-10(4-3-5-11(14)17)15(19)18-12-7-6-9(16)8-13(12)24(20,21)22/h3-8H,2,17H2,1H3,(H,18,19)(H,20,21,22). The Morgan fingerprint density at radius 2 is 2.04 bits per heavy atom. The Labute approximate surface area is 138 Å². The number of rotatable bonds is 5. The molecule has 2 aromatic rings. The zero-order chi connectivity index (χ0) is 17.9. The van der Waals surface area contributed by atoms with Crippen LogP contribution in [0, 0.1) is 5.82 Å². The molecule has 24 heavy (non-hydrogen) atoms. The highest BCUT2D eigenvalue weighted by molar-refractivity contribution is 7.86. The molecule has 9 heteroatoms. The van der Waals surface area contributed by atoms with E-state index < -0.39 is 26.7 Å². The summed E-state index contributed by atoms with van der Waals surface area (Å²) in [5.74, 6) is -1.45. The second kappa shape index (κ2) is 6.85. The molecule has 7 nitrogen and oxygen atoms in total. The fourth-order valence-corrected chi connectivity index (χ4v) is 2.70. The van der Waals surface area contributed by atoms with Crippen molar-refractivity contribution in [3.63, 3.8) is 0 Å². The van der Waals surface area contributed by atoms with Crippen LogP contribution in [-0.2, 0) is 10.1 Å². The van der Waals surface area contributed by atoms with Crippen molar-refractivity contribution in [1.82, 2.24) is 0 Å². The van der Waals surface area contributed by atoms with Gasteiger partial charge in [-0.05, 0) is 37.3 Å². The first-order valence-electron chi connectivity index (χ1n) is 6.83. The maximum Gasteiger partial charge on any atom is 0.296 e. The van der Waals surface area contributed by atoms with E-state index in [1.54, 1.807) is 13.0 Å². The summed E-state index contributed by atoms with van der Waals surface area (Å²) in [6.45, 7) is 1.98. The first kappa shape index (κ1) is 17.7. The number of ether oxygens (including phenoxy) is 1. The van der Waals surface area contributed by atoms with Gasteiger partial charge < -0.3 is 15.8 Å². The van der Waals surface area contributed by atoms with E-state index in [-0.39, 0.29) is 29.3 Å². The molecular formula is C15H15FN2O5S. The zero-order valence-corrected chi connectivity index (χ0v) is 13.4. The van der Waals surface area contributed by atoms with Crippen molar-refractivity contribution in [1.29, 1.82) is 0 Å². The molecule has 0 atom stereocenters. The number of benzene rings is 2. The lowest BCUT2D eigenvalue weighted by atomic mass is 10.1. The van der Waals surface area contributed by atoms with Gasteiger partial charge in [-0.1, -0.05) is 6.07 Å². The molecule has 0 aliphatic carbocycles. The summed E-state index contributed by atoms with van der Waals surface area (Å²) in [5.41, 5.74) is 5.80. The SMILES string of the molecule is CCOc1c(N)cccc1C(=O)Nc1ccc(F)cc1S(=O)(=O)O. The Bertz CT molecular complexity index is 883. The van der Waals surface area contributed by atoms with E-state index in [0.29, 0.717) is 6.07 Å². The molecule has 2 aromatic carbocycles. The number of carbonyl (C=O) groups is 1. The lowest BCUT2D eigenvalue weighted by molar-refractivity contribution is 0.102. The van der Waals surface area contributed by atoms with Gasteiger partial charge in [0.1, 0.15) is 10.7 Å². The maximum atomic E-state index is 13.2. The normalized spacial score (nSPS) is 11.1. The van der Waals surface area contributed by atoms with Crippen LogP contribution in [0.5, 0.6) is 5.75 Å². The number of hydrogen-bond acceptors (Lipinski definition) is 5. The summed E-state index contributed by atoms with van der Waals surface area (Å²) < 4.78 is 50.4. The molecular weight excluding hydrogens is 339 g/mol. The van der Waals surface area contributed by atoms with Crippen LogP contribution < -0.4 is 15.8 Å². The second-order valence-electron chi connectivity index (χ2n) is 4.73. The molecule has 4 N–H and O–H groups in total. The average molecular weight is 354 g/mol. The van der Waals surface area contributed by atoms with E-state index >= 15 is 0 Å². The average Bonchev–Trinajstić information content (AvgIpc) is 2.50. The van der Waals surface area contributed by atoms with Crippen molar-refractivity contribution in [2.45, 2.75) is 11.8 Å². The molecule has 0 aromatic heterocycles. The van der Waals surface area contributed by atoms with Gasteiger partial charge in [-0.3, -0.25) is 9.35 Å². The van der Waals surface area contributed by atoms with E-state index in [1.165, 1.54) is 12.1 Å². The molecule has 0 saturated heterocycles. The number of carbonyl (C=O) groups excluding carboxylic acids is 1. The summed E-state index contributed by atoms with van der Waals surface area (Å²) in [6, 6.07) is 7.10. The topological polar surface area (TPSA) is 119 Å². The third-order valence-corrected chi connectivity index (χ3v) is 3.94. The van der Waals surface area contributed by atoms with Gasteiger partial charge in [-0.25, -0.2) is 4.39 Å². The van der Waals surface area contributed by atoms with Gasteiger partial charge in [0.15, 0.2) is 5.75 Å². The quantitative estimate of drug-likeness (QED) is 0.560. The molecule has 0 radical (unpaired) electrons. The van der Waals surface area contributed by atoms with Crippen LogP contribution in [0.1, 0.15) is 17.3 Å². The van der Waals surface area contributed by atoms with Crippen LogP contribution in [0.25, 0.3) is 0 Å². The number of hydrogen-bond donors (Lipinski definition) is 3. The van der Waals surface area contributed by atoms with E-state index in [0.717, 1.165) is 12.1 Å². The molecule has 0 aliphatic rings.